The van der Waals surface area contributed by atoms with E-state index in [-0.39, 0.29) is 0 Å². The molecule has 0 spiro atoms. The largest absolute Gasteiger partial charge is 0.497 e. The van der Waals surface area contributed by atoms with E-state index in [1.165, 1.54) is 47.8 Å². The van der Waals surface area contributed by atoms with E-state index in [1.54, 1.807) is 7.11 Å². The van der Waals surface area contributed by atoms with Crippen molar-refractivity contribution in [3.8, 4) is 5.75 Å². The van der Waals surface area contributed by atoms with E-state index in [4.69, 9.17) is 4.74 Å². The lowest BCUT2D eigenvalue weighted by Gasteiger charge is -2.32. The molecule has 0 unspecified atom stereocenters. The molecule has 1 saturated heterocycles. The lowest BCUT2D eigenvalue weighted by molar-refractivity contribution is 0.205. The molecule has 0 bridgehead atoms. The van der Waals surface area contributed by atoms with Gasteiger partial charge in [0.1, 0.15) is 5.75 Å². The Morgan fingerprint density at radius 2 is 1.60 bits per heavy atom. The zero-order valence-corrected chi connectivity index (χ0v) is 14.8. The van der Waals surface area contributed by atoms with Crippen LogP contribution in [0.25, 0.3) is 10.8 Å². The lowest BCUT2D eigenvalue weighted by atomic mass is 9.89. The van der Waals surface area contributed by atoms with Crippen LogP contribution < -0.4 is 4.74 Å². The summed E-state index contributed by atoms with van der Waals surface area (Å²) < 4.78 is 5.31. The summed E-state index contributed by atoms with van der Waals surface area (Å²) in [5, 5.41) is 2.53. The molecule has 1 fully saturated rings. The van der Waals surface area contributed by atoms with Crippen LogP contribution in [0.2, 0.25) is 0 Å². The van der Waals surface area contributed by atoms with Gasteiger partial charge in [-0.25, -0.2) is 0 Å². The van der Waals surface area contributed by atoms with Gasteiger partial charge in [0.25, 0.3) is 0 Å². The molecular formula is C23H25NO. The Balaban J connectivity index is 1.40. The zero-order chi connectivity index (χ0) is 17.1. The first-order valence-electron chi connectivity index (χ1n) is 9.16. The van der Waals surface area contributed by atoms with Crippen molar-refractivity contribution < 1.29 is 4.74 Å². The number of ether oxygens (including phenoxy) is 1. The van der Waals surface area contributed by atoms with Crippen LogP contribution >= 0.6 is 0 Å². The monoisotopic (exact) mass is 331 g/mol. The number of fused-ring (bicyclic) bond motifs is 1. The van der Waals surface area contributed by atoms with Crippen molar-refractivity contribution in [2.45, 2.75) is 25.3 Å². The molecule has 2 heteroatoms. The Labute approximate surface area is 150 Å². The zero-order valence-electron chi connectivity index (χ0n) is 14.8. The third-order valence-electron chi connectivity index (χ3n) is 5.38. The van der Waals surface area contributed by atoms with Gasteiger partial charge >= 0.3 is 0 Å². The van der Waals surface area contributed by atoms with E-state index in [2.05, 4.69) is 65.6 Å². The maximum Gasteiger partial charge on any atom is 0.119 e. The van der Waals surface area contributed by atoms with Crippen LogP contribution in [0.15, 0.2) is 66.7 Å². The van der Waals surface area contributed by atoms with Crippen LogP contribution in [0, 0.1) is 0 Å². The minimum Gasteiger partial charge on any atom is -0.497 e. The number of hydrogen-bond donors (Lipinski definition) is 0. The predicted molar refractivity (Wildman–Crippen MR) is 104 cm³/mol. The molecule has 3 aromatic carbocycles. The first-order valence-corrected chi connectivity index (χ1v) is 9.16. The van der Waals surface area contributed by atoms with Crippen molar-refractivity contribution >= 4 is 10.8 Å². The number of nitrogens with zero attached hydrogens (tertiary/aromatic N) is 1. The van der Waals surface area contributed by atoms with Gasteiger partial charge < -0.3 is 4.74 Å². The van der Waals surface area contributed by atoms with Crippen molar-refractivity contribution in [2.75, 3.05) is 20.2 Å². The molecule has 1 aliphatic heterocycles. The van der Waals surface area contributed by atoms with Crippen molar-refractivity contribution in [3.63, 3.8) is 0 Å². The highest BCUT2D eigenvalue weighted by atomic mass is 16.5. The van der Waals surface area contributed by atoms with Crippen LogP contribution in [0.4, 0.5) is 0 Å². The number of benzene rings is 3. The Hall–Kier alpha value is -2.32. The quantitative estimate of drug-likeness (QED) is 0.649. The van der Waals surface area contributed by atoms with Crippen molar-refractivity contribution in [2.24, 2.45) is 0 Å². The Kier molecular flexibility index (Phi) is 4.71. The maximum absolute atomic E-state index is 5.31. The normalized spacial score (nSPS) is 16.2. The second kappa shape index (κ2) is 7.28. The van der Waals surface area contributed by atoms with Gasteiger partial charge in [-0.2, -0.15) is 0 Å². The third kappa shape index (κ3) is 3.69. The van der Waals surface area contributed by atoms with Crippen LogP contribution in [0.1, 0.15) is 29.9 Å². The summed E-state index contributed by atoms with van der Waals surface area (Å²) in [6.45, 7) is 3.41. The second-order valence-corrected chi connectivity index (χ2v) is 7.01. The molecule has 0 saturated carbocycles. The SMILES string of the molecule is COc1ccc2cc(CN3CCC(c4ccccc4)CC3)ccc2c1. The Bertz CT molecular complexity index is 835. The third-order valence-corrected chi connectivity index (χ3v) is 5.38. The van der Waals surface area contributed by atoms with E-state index in [1.807, 2.05) is 6.07 Å². The minimum absolute atomic E-state index is 0.724. The van der Waals surface area contributed by atoms with E-state index in [0.29, 0.717) is 0 Å². The van der Waals surface area contributed by atoms with Crippen LogP contribution in [0.5, 0.6) is 5.75 Å². The number of methoxy groups -OCH3 is 1. The second-order valence-electron chi connectivity index (χ2n) is 7.01. The standard InChI is InChI=1S/C23H25NO/c1-25-23-10-9-21-15-18(7-8-22(21)16-23)17-24-13-11-20(12-14-24)19-5-3-2-4-6-19/h2-10,15-16,20H,11-14,17H2,1H3. The summed E-state index contributed by atoms with van der Waals surface area (Å²) in [5.74, 6) is 1.64. The molecule has 0 aromatic heterocycles. The molecule has 4 rings (SSSR count). The van der Waals surface area contributed by atoms with Crippen molar-refractivity contribution in [1.29, 1.82) is 0 Å². The fourth-order valence-corrected chi connectivity index (χ4v) is 3.91. The van der Waals surface area contributed by atoms with Gasteiger partial charge in [0.15, 0.2) is 0 Å². The van der Waals surface area contributed by atoms with Gasteiger partial charge in [-0.3, -0.25) is 4.90 Å². The highest BCUT2D eigenvalue weighted by Gasteiger charge is 2.20. The lowest BCUT2D eigenvalue weighted by Crippen LogP contribution is -2.32. The van der Waals surface area contributed by atoms with Gasteiger partial charge in [-0.1, -0.05) is 48.5 Å². The van der Waals surface area contributed by atoms with Gasteiger partial charge in [0, 0.05) is 6.54 Å². The molecule has 2 nitrogen and oxygen atoms in total. The fraction of sp³-hybridized carbons (Fsp3) is 0.304. The number of likely N-dealkylation sites (tertiary alicyclic amines) is 1. The molecular weight excluding hydrogens is 306 g/mol. The molecule has 0 atom stereocenters. The van der Waals surface area contributed by atoms with E-state index in [9.17, 15) is 0 Å². The average Bonchev–Trinajstić information content (AvgIpc) is 2.69. The van der Waals surface area contributed by atoms with E-state index in [0.717, 1.165) is 18.2 Å². The van der Waals surface area contributed by atoms with Crippen LogP contribution in [0.3, 0.4) is 0 Å². The summed E-state index contributed by atoms with van der Waals surface area (Å²) >= 11 is 0. The van der Waals surface area contributed by atoms with Crippen molar-refractivity contribution in [3.05, 3.63) is 77.9 Å². The van der Waals surface area contributed by atoms with E-state index < -0.39 is 0 Å². The molecule has 0 aliphatic carbocycles. The molecule has 0 radical (unpaired) electrons. The smallest absolute Gasteiger partial charge is 0.119 e. The van der Waals surface area contributed by atoms with Gasteiger partial charge in [-0.15, -0.1) is 0 Å². The van der Waals surface area contributed by atoms with Gasteiger partial charge in [-0.05, 0) is 71.9 Å². The summed E-state index contributed by atoms with van der Waals surface area (Å²) in [6, 6.07) is 24.1. The van der Waals surface area contributed by atoms with Crippen LogP contribution in [-0.4, -0.2) is 25.1 Å². The molecule has 0 amide bonds. The molecule has 3 aromatic rings. The summed E-state index contributed by atoms with van der Waals surface area (Å²) in [6.07, 6.45) is 2.52. The summed E-state index contributed by atoms with van der Waals surface area (Å²) in [4.78, 5) is 2.59. The highest BCUT2D eigenvalue weighted by Crippen LogP contribution is 2.29. The fourth-order valence-electron chi connectivity index (χ4n) is 3.91. The van der Waals surface area contributed by atoms with E-state index >= 15 is 0 Å². The van der Waals surface area contributed by atoms with Gasteiger partial charge in [0.05, 0.1) is 7.11 Å². The topological polar surface area (TPSA) is 12.5 Å². The number of hydrogen-bond acceptors (Lipinski definition) is 2. The molecule has 0 N–H and O–H groups in total. The maximum atomic E-state index is 5.31. The number of rotatable bonds is 4. The molecule has 128 valence electrons. The first-order chi connectivity index (χ1) is 12.3. The average molecular weight is 331 g/mol. The summed E-state index contributed by atoms with van der Waals surface area (Å²) in [5.41, 5.74) is 2.90. The summed E-state index contributed by atoms with van der Waals surface area (Å²) in [7, 11) is 1.72. The molecule has 25 heavy (non-hydrogen) atoms. The van der Waals surface area contributed by atoms with Crippen LogP contribution in [-0.2, 0) is 6.54 Å². The highest BCUT2D eigenvalue weighted by molar-refractivity contribution is 5.84. The minimum atomic E-state index is 0.724. The predicted octanol–water partition coefficient (Wildman–Crippen LogP) is 5.23. The number of piperidine rings is 1. The molecule has 1 aliphatic rings. The Morgan fingerprint density at radius 1 is 0.880 bits per heavy atom. The Morgan fingerprint density at radius 3 is 2.36 bits per heavy atom. The van der Waals surface area contributed by atoms with Gasteiger partial charge in [0.2, 0.25) is 0 Å². The molecule has 1 heterocycles. The first kappa shape index (κ1) is 16.2. The van der Waals surface area contributed by atoms with Crippen molar-refractivity contribution in [1.82, 2.24) is 4.90 Å².